The topological polar surface area (TPSA) is 310 Å². The number of nitrogens with two attached hydrogens (primary N) is 1. The Bertz CT molecular complexity index is 7190. The number of carbonyl (C=O) groups is 4. The number of nitrogens with zero attached hydrogens (tertiary/aromatic N) is 14. The zero-order valence-electron chi connectivity index (χ0n) is 84.9. The summed E-state index contributed by atoms with van der Waals surface area (Å²) in [5, 5.41) is 26.4. The summed E-state index contributed by atoms with van der Waals surface area (Å²) in [5.74, 6) is 1.11. The molecule has 1 unspecified atom stereocenters. The number of pyridine rings is 4. The van der Waals surface area contributed by atoms with Gasteiger partial charge in [0.1, 0.15) is 22.6 Å². The molecule has 148 heavy (non-hydrogen) atoms. The molecule has 766 valence electrons. The lowest BCUT2D eigenvalue weighted by Crippen LogP contribution is -2.53. The van der Waals surface area contributed by atoms with Gasteiger partial charge in [0, 0.05) is 255 Å². The van der Waals surface area contributed by atoms with E-state index in [9.17, 15) is 19.2 Å². The maximum Gasteiger partial charge on any atom is 0.251 e. The third kappa shape index (κ3) is 23.5. The van der Waals surface area contributed by atoms with Crippen LogP contribution in [0, 0.1) is 12.8 Å². The first-order valence-electron chi connectivity index (χ1n) is 51.9. The summed E-state index contributed by atoms with van der Waals surface area (Å²) in [7, 11) is 0. The molecule has 9 aromatic heterocycles. The van der Waals surface area contributed by atoms with Gasteiger partial charge in [-0.25, -0.2) is 19.9 Å². The summed E-state index contributed by atoms with van der Waals surface area (Å²) >= 11 is 24.5. The van der Waals surface area contributed by atoms with Gasteiger partial charge >= 0.3 is 0 Å². The first-order chi connectivity index (χ1) is 71.9. The SMILES string of the molecule is CC(C)NC[C@@H](C(=O)N1CCN(c2c(-c3nnc(C(C)C)o3)cnc3[nH]ccc23)CC1)c1ccc(Cl)cc1.CC1(C)CC[C@@H]([C@@H](C(=O)N2CCN(c3c(-c4ccccc4)cnc4[nH]ccc34)CC2)c2ccc(Cl)cc2)N1.Cc1c[nH]c2ncc(-c3ccccc3)c(N3CCN(C(=O)C(CCN)Cc4ccc(Cl)cc4)CC3)c12.O=C([C@@H](c1ccc(Cl)cc1)[C@@H]1CCCN1)N1CCN(c2c(-c3ccccc3)cnc3[nH]ccc23)CC1. The van der Waals surface area contributed by atoms with Crippen molar-refractivity contribution in [3.05, 3.63) is 310 Å². The van der Waals surface area contributed by atoms with Crippen molar-refractivity contribution in [3.63, 3.8) is 0 Å². The molecule has 22 rings (SSSR count). The molecule has 6 aliphatic rings. The van der Waals surface area contributed by atoms with E-state index in [0.717, 1.165) is 183 Å². The number of aromatic amines is 4. The highest BCUT2D eigenvalue weighted by Gasteiger charge is 2.43. The van der Waals surface area contributed by atoms with Crippen LogP contribution in [0.4, 0.5) is 22.7 Å². The largest absolute Gasteiger partial charge is 0.420 e. The van der Waals surface area contributed by atoms with E-state index in [2.05, 4.69) is 205 Å². The summed E-state index contributed by atoms with van der Waals surface area (Å²) in [6, 6.07) is 69.0. The van der Waals surface area contributed by atoms with Gasteiger partial charge in [0.15, 0.2) is 0 Å². The number of anilines is 4. The predicted molar refractivity (Wildman–Crippen MR) is 597 cm³/mol. The molecule has 4 amide bonds. The minimum Gasteiger partial charge on any atom is -0.420 e. The zero-order valence-corrected chi connectivity index (χ0v) is 88.0. The minimum absolute atomic E-state index is 0.0332. The number of amides is 4. The molecule has 27 nitrogen and oxygen atoms in total. The lowest BCUT2D eigenvalue weighted by Gasteiger charge is -2.39. The molecule has 0 spiro atoms. The number of hydrogen-bond acceptors (Lipinski definition) is 19. The molecular formula is C117H130Cl4N22O5. The van der Waals surface area contributed by atoms with Crippen LogP contribution in [0.15, 0.2) is 260 Å². The first-order valence-corrected chi connectivity index (χ1v) is 53.4. The monoisotopic (exact) mass is 2060 g/mol. The molecule has 9 N–H and O–H groups in total. The average Bonchev–Trinajstić information content (AvgIpc) is 1.55. The van der Waals surface area contributed by atoms with Crippen molar-refractivity contribution >= 4 is 137 Å². The minimum atomic E-state index is -0.276. The predicted octanol–water partition coefficient (Wildman–Crippen LogP) is 20.8. The maximum atomic E-state index is 14.1. The van der Waals surface area contributed by atoms with Gasteiger partial charge in [-0.05, 0) is 184 Å². The Morgan fingerprint density at radius 3 is 1.26 bits per heavy atom. The number of halogens is 4. The molecule has 16 aromatic rings. The van der Waals surface area contributed by atoms with Crippen LogP contribution < -0.4 is 41.3 Å². The fourth-order valence-electron chi connectivity index (χ4n) is 21.9. The van der Waals surface area contributed by atoms with Gasteiger partial charge in [-0.2, -0.15) is 0 Å². The summed E-state index contributed by atoms with van der Waals surface area (Å²) in [6.45, 7) is 28.1. The van der Waals surface area contributed by atoms with Crippen LogP contribution in [-0.4, -0.2) is 241 Å². The Morgan fingerprint density at radius 1 is 0.446 bits per heavy atom. The molecule has 6 atom stereocenters. The Balaban J connectivity index is 0.000000124. The van der Waals surface area contributed by atoms with E-state index in [4.69, 9.17) is 61.5 Å². The second-order valence-corrected chi connectivity index (χ2v) is 42.4. The second-order valence-electron chi connectivity index (χ2n) is 40.7. The van der Waals surface area contributed by atoms with Crippen LogP contribution in [0.25, 0.3) is 89.0 Å². The standard InChI is InChI=1S/C31H34ClN5O.C29H30ClN5O.C29H32ClN5O.C28H34ClN7O2/c1-31(2)14-12-26(35-31)27(22-8-10-23(32)11-9-22)30(38)37-18-16-36(17-19-37)28-24-13-15-33-29(24)34-20-25(28)21-6-4-3-5-7-21;30-22-10-8-21(9-11-22)26(25-7-4-13-31-25)29(36)35-17-15-34(16-18-35)27-23-12-14-32-28(23)33-19-24(27)20-5-2-1-3-6-20;1-20-18-32-28-26(20)27(25(19-33-28)22-5-3-2-4-6-22)34-13-15-35(16-14-34)29(36)23(11-12-31)17-21-7-9-24(30)10-8-21;1-17(2)26-33-34-27(38-26)23-16-32-25-21(9-10-30-25)24(23)35-11-13-36(14-12-35)28(37)22(15-31-18(3)4)19-5-7-20(29)8-6-19/h3-11,13,15,20,26-27,35H,12,14,16-19H2,1-2H3,(H,33,34);1-3,5-6,8-12,14,19,25-26,31H,4,7,13,15-18H2,(H,32,33);2-10,18-19,23H,11-17,31H2,1H3,(H,32,33);5-10,16-18,22,31H,11-15H2,1-4H3,(H,30,32)/t26-,27-;25-,26-;;22-/m00.1/s1. The lowest BCUT2D eigenvalue weighted by atomic mass is 9.88. The fraction of sp³-hybridized carbons (Fsp3) is 0.350. The van der Waals surface area contributed by atoms with Gasteiger partial charge in [-0.15, -0.1) is 10.2 Å². The van der Waals surface area contributed by atoms with Crippen LogP contribution in [0.5, 0.6) is 0 Å². The van der Waals surface area contributed by atoms with E-state index in [1.54, 1.807) is 6.20 Å². The zero-order chi connectivity index (χ0) is 103. The number of fused-ring (bicyclic) bond motifs is 4. The van der Waals surface area contributed by atoms with E-state index < -0.39 is 0 Å². The van der Waals surface area contributed by atoms with Crippen molar-refractivity contribution in [2.45, 2.75) is 134 Å². The van der Waals surface area contributed by atoms with Crippen LogP contribution in [-0.2, 0) is 25.6 Å². The van der Waals surface area contributed by atoms with Gasteiger partial charge in [0.2, 0.25) is 29.5 Å². The second kappa shape index (κ2) is 46.9. The van der Waals surface area contributed by atoms with Crippen LogP contribution in [0.3, 0.4) is 0 Å². The van der Waals surface area contributed by atoms with E-state index in [0.29, 0.717) is 123 Å². The summed E-state index contributed by atoms with van der Waals surface area (Å²) < 4.78 is 6.00. The molecule has 6 aliphatic heterocycles. The third-order valence-corrected chi connectivity index (χ3v) is 30.7. The Morgan fingerprint density at radius 2 is 0.845 bits per heavy atom. The molecule has 6 fully saturated rings. The van der Waals surface area contributed by atoms with Gasteiger partial charge in [0.05, 0.1) is 46.1 Å². The number of piperazine rings is 4. The molecule has 0 radical (unpaired) electrons. The number of aryl methyl sites for hydroxylation is 1. The van der Waals surface area contributed by atoms with Crippen molar-refractivity contribution in [3.8, 4) is 44.8 Å². The fourth-order valence-corrected chi connectivity index (χ4v) is 22.4. The summed E-state index contributed by atoms with van der Waals surface area (Å²) in [6.07, 6.45) is 21.0. The van der Waals surface area contributed by atoms with Crippen LogP contribution in [0.2, 0.25) is 20.1 Å². The Kier molecular flexibility index (Phi) is 32.7. The number of nitrogens with one attached hydrogen (secondary N) is 7. The lowest BCUT2D eigenvalue weighted by molar-refractivity contribution is -0.136. The molecule has 7 aromatic carbocycles. The number of carbonyl (C=O) groups excluding carboxylic acids is 4. The number of H-pyrrole nitrogens is 4. The summed E-state index contributed by atoms with van der Waals surface area (Å²) in [4.78, 5) is 105. The highest BCUT2D eigenvalue weighted by Crippen LogP contribution is 2.45. The van der Waals surface area contributed by atoms with Crippen molar-refractivity contribution in [1.29, 1.82) is 0 Å². The quantitative estimate of drug-likeness (QED) is 0.0264. The molecule has 0 aliphatic carbocycles. The van der Waals surface area contributed by atoms with Gasteiger partial charge in [0.25, 0.3) is 5.89 Å². The van der Waals surface area contributed by atoms with Gasteiger partial charge < -0.3 is 85.2 Å². The van der Waals surface area contributed by atoms with Crippen molar-refractivity contribution < 1.29 is 23.6 Å². The number of aromatic nitrogens is 10. The highest BCUT2D eigenvalue weighted by molar-refractivity contribution is 6.31. The van der Waals surface area contributed by atoms with E-state index >= 15 is 0 Å². The summed E-state index contributed by atoms with van der Waals surface area (Å²) in [5.41, 5.74) is 26.9. The molecule has 6 saturated heterocycles. The molecule has 0 saturated carbocycles. The highest BCUT2D eigenvalue weighted by atomic mass is 35.5. The Hall–Kier alpha value is -13.5. The number of rotatable bonds is 25. The van der Waals surface area contributed by atoms with E-state index in [1.807, 2.05) is 193 Å². The van der Waals surface area contributed by atoms with Crippen LogP contribution >= 0.6 is 46.4 Å². The molecule has 31 heteroatoms. The number of benzene rings is 7. The smallest absolute Gasteiger partial charge is 0.251 e. The molecular weight excluding hydrogens is 1940 g/mol. The van der Waals surface area contributed by atoms with E-state index in [1.165, 1.54) is 22.6 Å². The third-order valence-electron chi connectivity index (χ3n) is 29.7. The van der Waals surface area contributed by atoms with Crippen molar-refractivity contribution in [2.75, 3.05) is 144 Å². The molecule has 0 bridgehead atoms. The molecule has 15 heterocycles. The number of hydrogen-bond donors (Lipinski definition) is 8. The normalized spacial score (nSPS) is 17.3. The van der Waals surface area contributed by atoms with Crippen LogP contribution in [0.1, 0.15) is 131 Å². The van der Waals surface area contributed by atoms with Crippen molar-refractivity contribution in [1.82, 2.24) is 85.6 Å². The van der Waals surface area contributed by atoms with Crippen molar-refractivity contribution in [2.24, 2.45) is 11.7 Å². The maximum absolute atomic E-state index is 14.1. The first kappa shape index (κ1) is 103. The van der Waals surface area contributed by atoms with Gasteiger partial charge in [-0.3, -0.25) is 19.2 Å². The Labute approximate surface area is 884 Å². The van der Waals surface area contributed by atoms with Gasteiger partial charge in [-0.1, -0.05) is 214 Å². The van der Waals surface area contributed by atoms with E-state index in [-0.39, 0.29) is 76.9 Å². The average molecular weight is 2070 g/mol.